The van der Waals surface area contributed by atoms with E-state index in [1.807, 2.05) is 0 Å². The van der Waals surface area contributed by atoms with Crippen LogP contribution >= 0.6 is 32.0 Å². The Morgan fingerprint density at radius 1 is 0.265 bits per heavy atom. The summed E-state index contributed by atoms with van der Waals surface area (Å²) in [6, 6.07) is 78.9. The smallest absolute Gasteiger partial charge is 0.0440 e. The number of hydrogen-bond donors (Lipinski definition) is 0. The van der Waals surface area contributed by atoms with Crippen molar-refractivity contribution in [2.45, 2.75) is 0 Å². The van der Waals surface area contributed by atoms with Crippen LogP contribution in [0.25, 0.3) is 0 Å². The Bertz CT molecular complexity index is 1760. The first kappa shape index (κ1) is 33.6. The molecule has 0 fully saturated rings. The number of benzene rings is 7. The fourth-order valence-corrected chi connectivity index (χ4v) is 20.7. The van der Waals surface area contributed by atoms with Crippen LogP contribution in [0.2, 0.25) is 0 Å². The van der Waals surface area contributed by atoms with Crippen LogP contribution in [0.1, 0.15) is 0 Å². The molecule has 0 saturated carbocycles. The lowest BCUT2D eigenvalue weighted by Crippen LogP contribution is -2.28. The molecule has 0 spiro atoms. The molecule has 0 bridgehead atoms. The molecule has 0 aliphatic rings. The van der Waals surface area contributed by atoms with Gasteiger partial charge in [0.15, 0.2) is 0 Å². The topological polar surface area (TPSA) is 3.24 Å². The van der Waals surface area contributed by atoms with Crippen LogP contribution in [0.5, 0.6) is 0 Å². The lowest BCUT2D eigenvalue weighted by Gasteiger charge is -2.43. The van der Waals surface area contributed by atoms with Crippen LogP contribution in [0.15, 0.2) is 212 Å². The summed E-state index contributed by atoms with van der Waals surface area (Å²) in [7, 11) is -2.90. The third kappa shape index (κ3) is 8.45. The molecule has 7 aromatic rings. The number of hydrogen-bond acceptors (Lipinski definition) is 1. The van der Waals surface area contributed by atoms with Gasteiger partial charge in [-0.15, -0.1) is 0 Å². The van der Waals surface area contributed by atoms with Crippen molar-refractivity contribution in [3.05, 3.63) is 212 Å². The van der Waals surface area contributed by atoms with Gasteiger partial charge in [-0.3, -0.25) is 0 Å². The van der Waals surface area contributed by atoms with E-state index in [4.69, 9.17) is 0 Å². The van der Waals surface area contributed by atoms with E-state index in [9.17, 15) is 0 Å². The highest BCUT2D eigenvalue weighted by molar-refractivity contribution is 7.95. The summed E-state index contributed by atoms with van der Waals surface area (Å²) in [5.74, 6) is 2.13. The Morgan fingerprint density at radius 3 is 0.755 bits per heavy atom. The van der Waals surface area contributed by atoms with Crippen molar-refractivity contribution in [1.29, 1.82) is 0 Å². The van der Waals surface area contributed by atoms with Gasteiger partial charge in [-0.25, -0.2) is 0 Å². The lowest BCUT2D eigenvalue weighted by atomic mass is 10.3. The number of rotatable bonds is 13. The van der Waals surface area contributed by atoms with Crippen LogP contribution in [0, 0.1) is 0 Å². The molecule has 0 aliphatic heterocycles. The summed E-state index contributed by atoms with van der Waals surface area (Å²) >= 11 is 0. The molecule has 0 N–H and O–H groups in total. The quantitative estimate of drug-likeness (QED) is 0.108. The number of para-hydroxylation sites is 1. The standard InChI is InChI=1S/C44H39NP4/c1-8-22-38(23-9-1)45(48(43-32-18-6-19-33-43)36-46(39-24-10-2-11-25-39)40-26-12-3-13-27-40)49(44-34-20-7-21-35-44)37-47(41-28-14-4-15-29-41)42-30-16-5-17-31-42/h1-35H,36-37H2. The molecule has 7 rings (SSSR count). The van der Waals surface area contributed by atoms with Gasteiger partial charge >= 0.3 is 0 Å². The van der Waals surface area contributed by atoms with Gasteiger partial charge in [0.05, 0.1) is 0 Å². The summed E-state index contributed by atoms with van der Waals surface area (Å²) < 4.78 is 2.90. The first-order valence-corrected chi connectivity index (χ1v) is 22.6. The Hall–Kier alpha value is -3.94. The van der Waals surface area contributed by atoms with Crippen molar-refractivity contribution in [3.8, 4) is 0 Å². The molecule has 0 heterocycles. The minimum atomic E-state index is -0.812. The molecular formula is C44H39NP4. The van der Waals surface area contributed by atoms with Gasteiger partial charge < -0.3 is 4.44 Å². The van der Waals surface area contributed by atoms with Crippen molar-refractivity contribution in [1.82, 2.24) is 0 Å². The fraction of sp³-hybridized carbons (Fsp3) is 0.0455. The fourth-order valence-electron chi connectivity index (χ4n) is 6.00. The third-order valence-electron chi connectivity index (χ3n) is 8.38. The Balaban J connectivity index is 1.43. The molecule has 49 heavy (non-hydrogen) atoms. The predicted molar refractivity (Wildman–Crippen MR) is 223 cm³/mol. The van der Waals surface area contributed by atoms with Crippen molar-refractivity contribution >= 4 is 69.5 Å². The van der Waals surface area contributed by atoms with Crippen LogP contribution in [0.4, 0.5) is 5.69 Å². The van der Waals surface area contributed by atoms with E-state index in [-0.39, 0.29) is 0 Å². The zero-order valence-corrected chi connectivity index (χ0v) is 30.9. The first-order valence-electron chi connectivity index (χ1n) is 16.6. The molecule has 2 atom stereocenters. The molecule has 2 unspecified atom stereocenters. The minimum absolute atomic E-state index is 0.636. The van der Waals surface area contributed by atoms with E-state index in [2.05, 4.69) is 217 Å². The first-order chi connectivity index (χ1) is 24.3. The Kier molecular flexibility index (Phi) is 11.7. The van der Waals surface area contributed by atoms with Gasteiger partial charge in [0.25, 0.3) is 0 Å². The zero-order valence-electron chi connectivity index (χ0n) is 27.4. The summed E-state index contributed by atoms with van der Waals surface area (Å²) in [4.78, 5) is 0. The van der Waals surface area contributed by atoms with E-state index < -0.39 is 32.0 Å². The van der Waals surface area contributed by atoms with Gasteiger partial charge in [0.2, 0.25) is 0 Å². The number of nitrogens with zero attached hydrogens (tertiary/aromatic N) is 1. The maximum absolute atomic E-state index is 2.90. The van der Waals surface area contributed by atoms with Crippen molar-refractivity contribution in [3.63, 3.8) is 0 Å². The molecule has 7 aromatic carbocycles. The van der Waals surface area contributed by atoms with E-state index in [0.29, 0.717) is 0 Å². The van der Waals surface area contributed by atoms with Crippen LogP contribution < -0.4 is 36.3 Å². The monoisotopic (exact) mass is 705 g/mol. The van der Waals surface area contributed by atoms with Gasteiger partial charge in [-0.05, 0) is 59.8 Å². The minimum Gasteiger partial charge on any atom is -0.320 e. The van der Waals surface area contributed by atoms with Gasteiger partial charge in [-0.2, -0.15) is 0 Å². The molecule has 5 heteroatoms. The molecule has 0 aliphatic carbocycles. The largest absolute Gasteiger partial charge is 0.320 e. The van der Waals surface area contributed by atoms with Gasteiger partial charge in [-0.1, -0.05) is 200 Å². The summed E-state index contributed by atoms with van der Waals surface area (Å²) in [5, 5.41) is 8.57. The van der Waals surface area contributed by atoms with E-state index in [0.717, 1.165) is 11.8 Å². The van der Waals surface area contributed by atoms with Gasteiger partial charge in [0, 0.05) is 33.6 Å². The van der Waals surface area contributed by atoms with Crippen molar-refractivity contribution in [2.75, 3.05) is 16.2 Å². The molecule has 240 valence electrons. The molecule has 0 radical (unpaired) electrons. The second-order valence-electron chi connectivity index (χ2n) is 11.6. The summed E-state index contributed by atoms with van der Waals surface area (Å²) in [6.45, 7) is 0. The maximum Gasteiger partial charge on any atom is 0.0440 e. The summed E-state index contributed by atoms with van der Waals surface area (Å²) in [6.07, 6.45) is 0. The SMILES string of the molecule is c1ccc(N(P(CP(c2ccccc2)c2ccccc2)c2ccccc2)P(CP(c2ccccc2)c2ccccc2)c2ccccc2)cc1. The van der Waals surface area contributed by atoms with E-state index in [1.54, 1.807) is 0 Å². The van der Waals surface area contributed by atoms with E-state index in [1.165, 1.54) is 37.5 Å². The predicted octanol–water partition coefficient (Wildman–Crippen LogP) is 10.1. The highest BCUT2D eigenvalue weighted by Crippen LogP contribution is 2.65. The van der Waals surface area contributed by atoms with Gasteiger partial charge in [0.1, 0.15) is 0 Å². The number of anilines is 1. The normalized spacial score (nSPS) is 12.4. The van der Waals surface area contributed by atoms with Crippen molar-refractivity contribution < 1.29 is 0 Å². The Labute approximate surface area is 296 Å². The second-order valence-corrected chi connectivity index (χ2v) is 21.4. The zero-order chi connectivity index (χ0) is 33.1. The highest BCUT2D eigenvalue weighted by Gasteiger charge is 2.34. The van der Waals surface area contributed by atoms with Crippen LogP contribution in [-0.4, -0.2) is 11.8 Å². The van der Waals surface area contributed by atoms with Crippen molar-refractivity contribution in [2.24, 2.45) is 0 Å². The maximum atomic E-state index is 2.90. The molecule has 0 saturated heterocycles. The average molecular weight is 706 g/mol. The molecule has 1 nitrogen and oxygen atoms in total. The second kappa shape index (κ2) is 17.1. The van der Waals surface area contributed by atoms with Crippen LogP contribution in [0.3, 0.4) is 0 Å². The van der Waals surface area contributed by atoms with E-state index >= 15 is 0 Å². The third-order valence-corrected chi connectivity index (χ3v) is 20.9. The highest BCUT2D eigenvalue weighted by atomic mass is 31.2. The summed E-state index contributed by atoms with van der Waals surface area (Å²) in [5.41, 5.74) is 1.31. The molecule has 0 amide bonds. The van der Waals surface area contributed by atoms with Crippen LogP contribution in [-0.2, 0) is 0 Å². The molecule has 0 aromatic heterocycles. The average Bonchev–Trinajstić information content (AvgIpc) is 3.20. The molecular weight excluding hydrogens is 666 g/mol. The lowest BCUT2D eigenvalue weighted by molar-refractivity contribution is 1.55. The Morgan fingerprint density at radius 2 is 0.490 bits per heavy atom.